The predicted molar refractivity (Wildman–Crippen MR) is 75.3 cm³/mol. The molecule has 0 saturated heterocycles. The first-order chi connectivity index (χ1) is 9.79. The summed E-state index contributed by atoms with van der Waals surface area (Å²) in [5.74, 6) is 0.928. The van der Waals surface area contributed by atoms with Crippen molar-refractivity contribution in [3.8, 4) is 22.8 Å². The van der Waals surface area contributed by atoms with E-state index in [0.29, 0.717) is 17.3 Å². The Kier molecular flexibility index (Phi) is 3.13. The molecular weight excluding hydrogens is 252 g/mol. The van der Waals surface area contributed by atoms with Gasteiger partial charge >= 0.3 is 0 Å². The molecule has 0 bridgehead atoms. The standard InChI is InChI=1S/C16H12N2O2/c1-11-4-2-3-5-13(11)15-14(10-19)18-16(20-15)12-6-8-17-9-7-12/h2-10H,1H3. The second kappa shape index (κ2) is 5.09. The van der Waals surface area contributed by atoms with Crippen molar-refractivity contribution in [1.29, 1.82) is 0 Å². The molecule has 0 saturated carbocycles. The van der Waals surface area contributed by atoms with Gasteiger partial charge in [0.25, 0.3) is 0 Å². The Labute approximate surface area is 116 Å². The van der Waals surface area contributed by atoms with Gasteiger partial charge in [-0.2, -0.15) is 0 Å². The van der Waals surface area contributed by atoms with Gasteiger partial charge in [-0.25, -0.2) is 4.98 Å². The van der Waals surface area contributed by atoms with Crippen molar-refractivity contribution in [3.05, 3.63) is 60.0 Å². The number of pyridine rings is 1. The summed E-state index contributed by atoms with van der Waals surface area (Å²) in [6, 6.07) is 11.3. The minimum absolute atomic E-state index is 0.311. The number of aryl methyl sites for hydroxylation is 1. The molecule has 0 amide bonds. The summed E-state index contributed by atoms with van der Waals surface area (Å²) >= 11 is 0. The van der Waals surface area contributed by atoms with Crippen molar-refractivity contribution in [2.45, 2.75) is 6.92 Å². The lowest BCUT2D eigenvalue weighted by Gasteiger charge is -2.01. The quantitative estimate of drug-likeness (QED) is 0.679. The van der Waals surface area contributed by atoms with Crippen LogP contribution in [0.5, 0.6) is 0 Å². The maximum Gasteiger partial charge on any atom is 0.227 e. The molecule has 20 heavy (non-hydrogen) atoms. The number of hydrogen-bond acceptors (Lipinski definition) is 4. The van der Waals surface area contributed by atoms with Gasteiger partial charge in [-0.15, -0.1) is 0 Å². The van der Waals surface area contributed by atoms with Crippen LogP contribution in [0.2, 0.25) is 0 Å². The highest BCUT2D eigenvalue weighted by molar-refractivity contribution is 5.84. The van der Waals surface area contributed by atoms with E-state index in [1.54, 1.807) is 24.5 Å². The van der Waals surface area contributed by atoms with E-state index in [9.17, 15) is 4.79 Å². The fraction of sp³-hybridized carbons (Fsp3) is 0.0625. The minimum Gasteiger partial charge on any atom is -0.435 e. The fourth-order valence-corrected chi connectivity index (χ4v) is 2.05. The van der Waals surface area contributed by atoms with Crippen LogP contribution in [0.25, 0.3) is 22.8 Å². The molecule has 4 heteroatoms. The Hall–Kier alpha value is -2.75. The lowest BCUT2D eigenvalue weighted by Crippen LogP contribution is -1.86. The van der Waals surface area contributed by atoms with Gasteiger partial charge in [-0.3, -0.25) is 9.78 Å². The second-order valence-electron chi connectivity index (χ2n) is 4.40. The third-order valence-electron chi connectivity index (χ3n) is 3.08. The molecule has 3 rings (SSSR count). The Balaban J connectivity index is 2.16. The highest BCUT2D eigenvalue weighted by atomic mass is 16.4. The van der Waals surface area contributed by atoms with E-state index in [-0.39, 0.29) is 0 Å². The molecule has 0 aliphatic heterocycles. The number of carbonyl (C=O) groups excluding carboxylic acids is 1. The smallest absolute Gasteiger partial charge is 0.227 e. The van der Waals surface area contributed by atoms with Crippen molar-refractivity contribution in [2.75, 3.05) is 0 Å². The lowest BCUT2D eigenvalue weighted by atomic mass is 10.1. The van der Waals surface area contributed by atoms with Crippen LogP contribution in [0.1, 0.15) is 16.1 Å². The molecule has 2 aromatic heterocycles. The molecule has 0 aliphatic carbocycles. The fourth-order valence-electron chi connectivity index (χ4n) is 2.05. The monoisotopic (exact) mass is 264 g/mol. The summed E-state index contributed by atoms with van der Waals surface area (Å²) in [6.07, 6.45) is 4.04. The van der Waals surface area contributed by atoms with Gasteiger partial charge in [0, 0.05) is 23.5 Å². The molecule has 0 atom stereocenters. The molecule has 98 valence electrons. The van der Waals surface area contributed by atoms with E-state index >= 15 is 0 Å². The summed E-state index contributed by atoms with van der Waals surface area (Å²) in [6.45, 7) is 1.97. The van der Waals surface area contributed by atoms with Crippen LogP contribution in [-0.2, 0) is 0 Å². The van der Waals surface area contributed by atoms with Gasteiger partial charge in [-0.05, 0) is 24.6 Å². The number of oxazole rings is 1. The third-order valence-corrected chi connectivity index (χ3v) is 3.08. The third kappa shape index (κ3) is 2.12. The average Bonchev–Trinajstić information content (AvgIpc) is 2.93. The van der Waals surface area contributed by atoms with Crippen LogP contribution in [0.3, 0.4) is 0 Å². The number of hydrogen-bond donors (Lipinski definition) is 0. The number of nitrogens with zero attached hydrogens (tertiary/aromatic N) is 2. The Bertz CT molecular complexity index is 748. The molecule has 1 aromatic carbocycles. The molecule has 2 heterocycles. The van der Waals surface area contributed by atoms with Crippen molar-refractivity contribution in [3.63, 3.8) is 0 Å². The van der Waals surface area contributed by atoms with Crippen LogP contribution in [-0.4, -0.2) is 16.3 Å². The second-order valence-corrected chi connectivity index (χ2v) is 4.40. The highest BCUT2D eigenvalue weighted by Crippen LogP contribution is 2.30. The van der Waals surface area contributed by atoms with Crippen LogP contribution in [0.4, 0.5) is 0 Å². The van der Waals surface area contributed by atoms with E-state index < -0.39 is 0 Å². The molecule has 0 fully saturated rings. The Morgan fingerprint density at radius 1 is 1.10 bits per heavy atom. The predicted octanol–water partition coefficient (Wildman–Crippen LogP) is 3.52. The first-order valence-electron chi connectivity index (χ1n) is 6.22. The maximum absolute atomic E-state index is 11.2. The zero-order valence-electron chi connectivity index (χ0n) is 10.9. The summed E-state index contributed by atoms with van der Waals surface area (Å²) in [5, 5.41) is 0. The number of carbonyl (C=O) groups is 1. The van der Waals surface area contributed by atoms with Crippen LogP contribution < -0.4 is 0 Å². The van der Waals surface area contributed by atoms with Gasteiger partial charge in [0.15, 0.2) is 17.7 Å². The van der Waals surface area contributed by atoms with Gasteiger partial charge < -0.3 is 4.42 Å². The number of aromatic nitrogens is 2. The number of benzene rings is 1. The first-order valence-corrected chi connectivity index (χ1v) is 6.22. The van der Waals surface area contributed by atoms with Crippen molar-refractivity contribution < 1.29 is 9.21 Å². The molecule has 0 N–H and O–H groups in total. The number of rotatable bonds is 3. The maximum atomic E-state index is 11.2. The average molecular weight is 264 g/mol. The van der Waals surface area contributed by atoms with E-state index in [2.05, 4.69) is 9.97 Å². The van der Waals surface area contributed by atoms with Crippen LogP contribution in [0.15, 0.2) is 53.2 Å². The summed E-state index contributed by atoms with van der Waals surface area (Å²) in [4.78, 5) is 19.4. The van der Waals surface area contributed by atoms with Crippen LogP contribution in [0, 0.1) is 6.92 Å². The molecule has 4 nitrogen and oxygen atoms in total. The molecule has 0 spiro atoms. The van der Waals surface area contributed by atoms with E-state index in [0.717, 1.165) is 23.0 Å². The van der Waals surface area contributed by atoms with Crippen LogP contribution >= 0.6 is 0 Å². The molecule has 0 unspecified atom stereocenters. The first kappa shape index (κ1) is 12.3. The Morgan fingerprint density at radius 3 is 2.55 bits per heavy atom. The zero-order valence-corrected chi connectivity index (χ0v) is 10.9. The van der Waals surface area contributed by atoms with Crippen molar-refractivity contribution >= 4 is 6.29 Å². The summed E-state index contributed by atoms with van der Waals surface area (Å²) < 4.78 is 5.79. The van der Waals surface area contributed by atoms with Gasteiger partial charge in [0.2, 0.25) is 5.89 Å². The normalized spacial score (nSPS) is 10.4. The lowest BCUT2D eigenvalue weighted by molar-refractivity contribution is 0.112. The van der Waals surface area contributed by atoms with Gasteiger partial charge in [-0.1, -0.05) is 24.3 Å². The summed E-state index contributed by atoms with van der Waals surface area (Å²) in [7, 11) is 0. The van der Waals surface area contributed by atoms with Gasteiger partial charge in [0.05, 0.1) is 0 Å². The van der Waals surface area contributed by atoms with E-state index in [1.807, 2.05) is 31.2 Å². The SMILES string of the molecule is Cc1ccccc1-c1oc(-c2ccncc2)nc1C=O. The highest BCUT2D eigenvalue weighted by Gasteiger charge is 2.16. The van der Waals surface area contributed by atoms with E-state index in [4.69, 9.17) is 4.42 Å². The largest absolute Gasteiger partial charge is 0.435 e. The summed E-state index contributed by atoms with van der Waals surface area (Å²) in [5.41, 5.74) is 3.02. The zero-order chi connectivity index (χ0) is 13.9. The topological polar surface area (TPSA) is 56.0 Å². The van der Waals surface area contributed by atoms with E-state index in [1.165, 1.54) is 0 Å². The Morgan fingerprint density at radius 2 is 1.85 bits per heavy atom. The molecule has 0 radical (unpaired) electrons. The van der Waals surface area contributed by atoms with Crippen molar-refractivity contribution in [2.24, 2.45) is 0 Å². The molecule has 3 aromatic rings. The number of aldehydes is 1. The molecule has 0 aliphatic rings. The van der Waals surface area contributed by atoms with Gasteiger partial charge in [0.1, 0.15) is 0 Å². The van der Waals surface area contributed by atoms with Crippen molar-refractivity contribution in [1.82, 2.24) is 9.97 Å². The minimum atomic E-state index is 0.311. The molecular formula is C16H12N2O2.